The average molecular weight is 394 g/mol. The van der Waals surface area contributed by atoms with E-state index in [0.717, 1.165) is 16.9 Å². The molecule has 0 bridgehead atoms. The maximum Gasteiger partial charge on any atom is 0.262 e. The highest BCUT2D eigenvalue weighted by atomic mass is 35.5. The molecule has 2 aromatic carbocycles. The SMILES string of the molecule is Cl.FC1(F)CNC(c2nc(-c3ccc(OCc4ccccc4)cc3)no2)C1. The van der Waals surface area contributed by atoms with Gasteiger partial charge in [0.05, 0.1) is 12.6 Å². The van der Waals surface area contributed by atoms with E-state index in [4.69, 9.17) is 9.26 Å². The molecule has 1 aliphatic heterocycles. The van der Waals surface area contributed by atoms with Crippen molar-refractivity contribution in [3.8, 4) is 17.1 Å². The maximum absolute atomic E-state index is 13.3. The predicted molar refractivity (Wildman–Crippen MR) is 98.1 cm³/mol. The fourth-order valence-electron chi connectivity index (χ4n) is 2.83. The molecule has 2 heterocycles. The van der Waals surface area contributed by atoms with E-state index in [1.165, 1.54) is 0 Å². The molecular formula is C19H18ClF2N3O2. The molecule has 1 fully saturated rings. The van der Waals surface area contributed by atoms with E-state index in [9.17, 15) is 8.78 Å². The number of hydrogen-bond donors (Lipinski definition) is 1. The molecule has 1 atom stereocenters. The van der Waals surface area contributed by atoms with Crippen molar-refractivity contribution in [3.05, 3.63) is 66.1 Å². The summed E-state index contributed by atoms with van der Waals surface area (Å²) in [7, 11) is 0. The lowest BCUT2D eigenvalue weighted by atomic mass is 10.2. The number of nitrogens with zero attached hydrogens (tertiary/aromatic N) is 2. The molecule has 1 N–H and O–H groups in total. The second kappa shape index (κ2) is 8.02. The lowest BCUT2D eigenvalue weighted by Gasteiger charge is -2.06. The maximum atomic E-state index is 13.3. The number of aromatic nitrogens is 2. The zero-order chi connectivity index (χ0) is 18.0. The van der Waals surface area contributed by atoms with E-state index in [2.05, 4.69) is 15.5 Å². The van der Waals surface area contributed by atoms with Crippen LogP contribution in [0.25, 0.3) is 11.4 Å². The van der Waals surface area contributed by atoms with Gasteiger partial charge in [0.15, 0.2) is 0 Å². The fourth-order valence-corrected chi connectivity index (χ4v) is 2.83. The number of benzene rings is 2. The molecule has 0 amide bonds. The highest BCUT2D eigenvalue weighted by Gasteiger charge is 2.42. The first-order valence-electron chi connectivity index (χ1n) is 8.31. The Morgan fingerprint density at radius 1 is 1.11 bits per heavy atom. The van der Waals surface area contributed by atoms with Crippen LogP contribution in [-0.2, 0) is 6.61 Å². The monoisotopic (exact) mass is 393 g/mol. The highest BCUT2D eigenvalue weighted by Crippen LogP contribution is 2.33. The summed E-state index contributed by atoms with van der Waals surface area (Å²) >= 11 is 0. The molecule has 142 valence electrons. The Morgan fingerprint density at radius 2 is 1.85 bits per heavy atom. The van der Waals surface area contributed by atoms with Crippen molar-refractivity contribution >= 4 is 12.4 Å². The minimum Gasteiger partial charge on any atom is -0.489 e. The lowest BCUT2D eigenvalue weighted by Crippen LogP contribution is -2.19. The second-order valence-corrected chi connectivity index (χ2v) is 6.25. The van der Waals surface area contributed by atoms with Gasteiger partial charge in [-0.25, -0.2) is 8.78 Å². The van der Waals surface area contributed by atoms with Crippen LogP contribution in [0.3, 0.4) is 0 Å². The van der Waals surface area contributed by atoms with Crippen LogP contribution in [0.5, 0.6) is 5.75 Å². The number of halogens is 3. The van der Waals surface area contributed by atoms with E-state index < -0.39 is 12.0 Å². The first-order valence-corrected chi connectivity index (χ1v) is 8.31. The molecule has 27 heavy (non-hydrogen) atoms. The standard InChI is InChI=1S/C19H17F2N3O2.ClH/c20-19(21)10-16(22-12-19)18-23-17(24-26-18)14-6-8-15(9-7-14)25-11-13-4-2-1-3-5-13;/h1-9,16,22H,10-12H2;1H. The van der Waals surface area contributed by atoms with Crippen LogP contribution in [0.15, 0.2) is 59.1 Å². The minimum absolute atomic E-state index is 0. The first-order chi connectivity index (χ1) is 12.6. The van der Waals surface area contributed by atoms with Gasteiger partial charge in [0.1, 0.15) is 12.4 Å². The third-order valence-corrected chi connectivity index (χ3v) is 4.21. The van der Waals surface area contributed by atoms with Crippen molar-refractivity contribution < 1.29 is 18.0 Å². The molecule has 8 heteroatoms. The van der Waals surface area contributed by atoms with Crippen molar-refractivity contribution in [2.45, 2.75) is 25.0 Å². The van der Waals surface area contributed by atoms with Gasteiger partial charge in [-0.1, -0.05) is 35.5 Å². The smallest absolute Gasteiger partial charge is 0.262 e. The summed E-state index contributed by atoms with van der Waals surface area (Å²) in [5, 5.41) is 6.59. The molecule has 1 aliphatic rings. The van der Waals surface area contributed by atoms with E-state index in [-0.39, 0.29) is 31.3 Å². The Bertz CT molecular complexity index is 872. The fraction of sp³-hybridized carbons (Fsp3) is 0.263. The summed E-state index contributed by atoms with van der Waals surface area (Å²) in [5.74, 6) is -1.47. The Morgan fingerprint density at radius 3 is 2.52 bits per heavy atom. The molecule has 1 saturated heterocycles. The van der Waals surface area contributed by atoms with Gasteiger partial charge in [0.2, 0.25) is 11.7 Å². The topological polar surface area (TPSA) is 60.2 Å². The van der Waals surface area contributed by atoms with Crippen molar-refractivity contribution in [1.29, 1.82) is 0 Å². The molecule has 3 aromatic rings. The van der Waals surface area contributed by atoms with Gasteiger partial charge in [0.25, 0.3) is 5.92 Å². The van der Waals surface area contributed by atoms with Crippen molar-refractivity contribution in [2.24, 2.45) is 0 Å². The molecule has 1 aromatic heterocycles. The van der Waals surface area contributed by atoms with Crippen LogP contribution in [0.2, 0.25) is 0 Å². The van der Waals surface area contributed by atoms with Crippen LogP contribution < -0.4 is 10.1 Å². The van der Waals surface area contributed by atoms with Gasteiger partial charge < -0.3 is 9.26 Å². The van der Waals surface area contributed by atoms with Gasteiger partial charge >= 0.3 is 0 Å². The summed E-state index contributed by atoms with van der Waals surface area (Å²) < 4.78 is 37.4. The summed E-state index contributed by atoms with van der Waals surface area (Å²) in [6.07, 6.45) is -0.332. The minimum atomic E-state index is -2.74. The molecule has 0 saturated carbocycles. The summed E-state index contributed by atoms with van der Waals surface area (Å²) in [6, 6.07) is 16.5. The first kappa shape index (κ1) is 19.3. The van der Waals surface area contributed by atoms with Crippen LogP contribution in [-0.4, -0.2) is 22.6 Å². The Labute approximate surface area is 161 Å². The molecule has 4 rings (SSSR count). The molecule has 5 nitrogen and oxygen atoms in total. The number of alkyl halides is 2. The molecule has 0 radical (unpaired) electrons. The average Bonchev–Trinajstić information content (AvgIpc) is 3.28. The predicted octanol–water partition coefficient (Wildman–Crippen LogP) is 4.41. The van der Waals surface area contributed by atoms with Crippen LogP contribution in [0.1, 0.15) is 23.9 Å². The molecular weight excluding hydrogens is 376 g/mol. The van der Waals surface area contributed by atoms with Gasteiger partial charge in [-0.05, 0) is 29.8 Å². The van der Waals surface area contributed by atoms with E-state index >= 15 is 0 Å². The van der Waals surface area contributed by atoms with Crippen LogP contribution >= 0.6 is 12.4 Å². The van der Waals surface area contributed by atoms with E-state index in [0.29, 0.717) is 12.4 Å². The Hall–Kier alpha value is -2.51. The molecule has 1 unspecified atom stereocenters. The van der Waals surface area contributed by atoms with Crippen molar-refractivity contribution in [3.63, 3.8) is 0 Å². The summed E-state index contributed by atoms with van der Waals surface area (Å²) in [6.45, 7) is 0.108. The van der Waals surface area contributed by atoms with Gasteiger partial charge in [-0.3, -0.25) is 5.32 Å². The summed E-state index contributed by atoms with van der Waals surface area (Å²) in [5.41, 5.74) is 1.82. The third-order valence-electron chi connectivity index (χ3n) is 4.21. The number of nitrogens with one attached hydrogen (secondary N) is 1. The second-order valence-electron chi connectivity index (χ2n) is 6.25. The van der Waals surface area contributed by atoms with Crippen molar-refractivity contribution in [2.75, 3.05) is 6.54 Å². The number of ether oxygens (including phenoxy) is 1. The molecule has 0 aliphatic carbocycles. The Kier molecular flexibility index (Phi) is 5.72. The van der Waals surface area contributed by atoms with Crippen LogP contribution in [0.4, 0.5) is 8.78 Å². The lowest BCUT2D eigenvalue weighted by molar-refractivity contribution is 0.0200. The van der Waals surface area contributed by atoms with E-state index in [1.54, 1.807) is 0 Å². The quantitative estimate of drug-likeness (QED) is 0.695. The van der Waals surface area contributed by atoms with Crippen molar-refractivity contribution in [1.82, 2.24) is 15.5 Å². The third kappa shape index (κ3) is 4.61. The van der Waals surface area contributed by atoms with Gasteiger partial charge in [-0.2, -0.15) is 4.98 Å². The normalized spacial score (nSPS) is 18.1. The summed E-state index contributed by atoms with van der Waals surface area (Å²) in [4.78, 5) is 4.24. The zero-order valence-corrected chi connectivity index (χ0v) is 15.1. The van der Waals surface area contributed by atoms with Gasteiger partial charge in [0, 0.05) is 12.0 Å². The number of rotatable bonds is 5. The van der Waals surface area contributed by atoms with E-state index in [1.807, 2.05) is 54.6 Å². The molecule has 0 spiro atoms. The zero-order valence-electron chi connectivity index (χ0n) is 14.3. The van der Waals surface area contributed by atoms with Gasteiger partial charge in [-0.15, -0.1) is 12.4 Å². The number of hydrogen-bond acceptors (Lipinski definition) is 5. The Balaban J connectivity index is 0.00000210. The van der Waals surface area contributed by atoms with Crippen LogP contribution in [0, 0.1) is 0 Å². The highest BCUT2D eigenvalue weighted by molar-refractivity contribution is 5.85. The largest absolute Gasteiger partial charge is 0.489 e.